The van der Waals surface area contributed by atoms with Crippen molar-refractivity contribution in [2.75, 3.05) is 13.2 Å². The van der Waals surface area contributed by atoms with Crippen LogP contribution in [0.15, 0.2) is 24.3 Å². The van der Waals surface area contributed by atoms with Crippen LogP contribution in [0.2, 0.25) is 0 Å². The fraction of sp³-hybridized carbons (Fsp3) is 0.467. The van der Waals surface area contributed by atoms with Crippen LogP contribution in [-0.2, 0) is 11.3 Å². The molecular formula is C15H20N2O4. The lowest BCUT2D eigenvalue weighted by atomic mass is 10.1. The van der Waals surface area contributed by atoms with Crippen molar-refractivity contribution >= 4 is 12.0 Å². The molecular weight excluding hydrogens is 272 g/mol. The number of nitrogens with one attached hydrogen (secondary N) is 1. The smallest absolute Gasteiger partial charge is 0.326 e. The summed E-state index contributed by atoms with van der Waals surface area (Å²) in [6, 6.07) is 6.34. The Morgan fingerprint density at radius 3 is 2.90 bits per heavy atom. The molecule has 1 aromatic carbocycles. The highest BCUT2D eigenvalue weighted by atomic mass is 16.5. The summed E-state index contributed by atoms with van der Waals surface area (Å²) >= 11 is 0. The molecule has 0 fully saturated rings. The molecule has 1 heterocycles. The Kier molecular flexibility index (Phi) is 5.03. The molecule has 6 heteroatoms. The summed E-state index contributed by atoms with van der Waals surface area (Å²) in [6.45, 7) is 3.13. The molecule has 0 radical (unpaired) electrons. The number of ether oxygens (including phenoxy) is 1. The van der Waals surface area contributed by atoms with Crippen LogP contribution in [0.4, 0.5) is 4.79 Å². The third kappa shape index (κ3) is 3.87. The van der Waals surface area contributed by atoms with E-state index in [1.165, 1.54) is 0 Å². The van der Waals surface area contributed by atoms with Gasteiger partial charge in [0.05, 0.1) is 13.1 Å². The first kappa shape index (κ1) is 15.2. The van der Waals surface area contributed by atoms with E-state index in [1.54, 1.807) is 4.90 Å². The van der Waals surface area contributed by atoms with Gasteiger partial charge in [-0.15, -0.1) is 0 Å². The number of hydrogen-bond donors (Lipinski definition) is 2. The number of urea groups is 1. The van der Waals surface area contributed by atoms with E-state index in [2.05, 4.69) is 5.32 Å². The van der Waals surface area contributed by atoms with Crippen molar-refractivity contribution in [1.29, 1.82) is 0 Å². The predicted molar refractivity (Wildman–Crippen MR) is 77.2 cm³/mol. The SMILES string of the molecule is CCC[C@H](NC(=O)N1CCOc2ccccc2C1)C(=O)O. The summed E-state index contributed by atoms with van der Waals surface area (Å²) < 4.78 is 5.59. The molecule has 1 aliphatic heterocycles. The molecule has 0 saturated heterocycles. The number of aliphatic carboxylic acids is 1. The van der Waals surface area contributed by atoms with Gasteiger partial charge in [0.25, 0.3) is 0 Å². The van der Waals surface area contributed by atoms with Gasteiger partial charge in [0.2, 0.25) is 0 Å². The first-order valence-corrected chi connectivity index (χ1v) is 7.10. The van der Waals surface area contributed by atoms with Crippen molar-refractivity contribution in [2.45, 2.75) is 32.4 Å². The zero-order valence-electron chi connectivity index (χ0n) is 12.0. The van der Waals surface area contributed by atoms with Crippen molar-refractivity contribution in [1.82, 2.24) is 10.2 Å². The predicted octanol–water partition coefficient (Wildman–Crippen LogP) is 1.84. The molecule has 1 aromatic rings. The van der Waals surface area contributed by atoms with Crippen LogP contribution in [0, 0.1) is 0 Å². The third-order valence-electron chi connectivity index (χ3n) is 3.41. The molecule has 0 aliphatic carbocycles. The Morgan fingerprint density at radius 2 is 2.19 bits per heavy atom. The van der Waals surface area contributed by atoms with Crippen LogP contribution in [-0.4, -0.2) is 41.2 Å². The van der Waals surface area contributed by atoms with Crippen LogP contribution < -0.4 is 10.1 Å². The highest BCUT2D eigenvalue weighted by Gasteiger charge is 2.24. The van der Waals surface area contributed by atoms with Crippen LogP contribution in [0.25, 0.3) is 0 Å². The molecule has 0 saturated carbocycles. The molecule has 6 nitrogen and oxygen atoms in total. The van der Waals surface area contributed by atoms with Crippen LogP contribution in [0.1, 0.15) is 25.3 Å². The summed E-state index contributed by atoms with van der Waals surface area (Å²) in [5, 5.41) is 11.7. The van der Waals surface area contributed by atoms with Gasteiger partial charge in [0.1, 0.15) is 18.4 Å². The second-order valence-electron chi connectivity index (χ2n) is 5.01. The van der Waals surface area contributed by atoms with Crippen molar-refractivity contribution in [3.63, 3.8) is 0 Å². The molecule has 0 spiro atoms. The Balaban J connectivity index is 2.04. The van der Waals surface area contributed by atoms with E-state index in [1.807, 2.05) is 31.2 Å². The summed E-state index contributed by atoms with van der Waals surface area (Å²) in [5.41, 5.74) is 0.924. The Hall–Kier alpha value is -2.24. The van der Waals surface area contributed by atoms with Gasteiger partial charge in [0, 0.05) is 5.56 Å². The average molecular weight is 292 g/mol. The van der Waals surface area contributed by atoms with E-state index in [4.69, 9.17) is 9.84 Å². The lowest BCUT2D eigenvalue weighted by molar-refractivity contribution is -0.139. The van der Waals surface area contributed by atoms with Crippen LogP contribution in [0.3, 0.4) is 0 Å². The van der Waals surface area contributed by atoms with Gasteiger partial charge in [-0.25, -0.2) is 9.59 Å². The zero-order valence-corrected chi connectivity index (χ0v) is 12.0. The number of para-hydroxylation sites is 1. The Bertz CT molecular complexity index is 518. The van der Waals surface area contributed by atoms with E-state index >= 15 is 0 Å². The molecule has 21 heavy (non-hydrogen) atoms. The lowest BCUT2D eigenvalue weighted by Gasteiger charge is -2.23. The van der Waals surface area contributed by atoms with Crippen molar-refractivity contribution < 1.29 is 19.4 Å². The highest BCUT2D eigenvalue weighted by Crippen LogP contribution is 2.22. The van der Waals surface area contributed by atoms with Gasteiger partial charge in [-0.1, -0.05) is 31.5 Å². The molecule has 1 atom stereocenters. The van der Waals surface area contributed by atoms with E-state index in [0.717, 1.165) is 11.3 Å². The second-order valence-corrected chi connectivity index (χ2v) is 5.01. The fourth-order valence-corrected chi connectivity index (χ4v) is 2.29. The van der Waals surface area contributed by atoms with Crippen molar-refractivity contribution in [2.24, 2.45) is 0 Å². The number of carboxylic acids is 1. The summed E-state index contributed by atoms with van der Waals surface area (Å²) in [6.07, 6.45) is 1.12. The fourth-order valence-electron chi connectivity index (χ4n) is 2.29. The van der Waals surface area contributed by atoms with E-state index in [-0.39, 0.29) is 6.03 Å². The molecule has 0 aromatic heterocycles. The minimum Gasteiger partial charge on any atom is -0.491 e. The van der Waals surface area contributed by atoms with E-state index in [9.17, 15) is 9.59 Å². The first-order chi connectivity index (χ1) is 10.1. The summed E-state index contributed by atoms with van der Waals surface area (Å²) in [4.78, 5) is 24.9. The minimum atomic E-state index is -1.00. The Labute approximate surface area is 123 Å². The number of nitrogens with zero attached hydrogens (tertiary/aromatic N) is 1. The van der Waals surface area contributed by atoms with Gasteiger partial charge < -0.3 is 20.1 Å². The molecule has 2 N–H and O–H groups in total. The largest absolute Gasteiger partial charge is 0.491 e. The number of rotatable bonds is 4. The van der Waals surface area contributed by atoms with Crippen LogP contribution >= 0.6 is 0 Å². The van der Waals surface area contributed by atoms with Crippen molar-refractivity contribution in [3.05, 3.63) is 29.8 Å². The summed E-state index contributed by atoms with van der Waals surface area (Å²) in [7, 11) is 0. The van der Waals surface area contributed by atoms with Gasteiger partial charge >= 0.3 is 12.0 Å². The lowest BCUT2D eigenvalue weighted by Crippen LogP contribution is -2.48. The maximum atomic E-state index is 12.2. The number of fused-ring (bicyclic) bond motifs is 1. The molecule has 1 aliphatic rings. The summed E-state index contributed by atoms with van der Waals surface area (Å²) in [5.74, 6) is -0.229. The number of hydrogen-bond acceptors (Lipinski definition) is 3. The standard InChI is InChI=1S/C15H20N2O4/c1-2-5-12(14(18)19)16-15(20)17-8-9-21-13-7-4-3-6-11(13)10-17/h3-4,6-7,12H,2,5,8-10H2,1H3,(H,16,20)(H,18,19)/t12-/m0/s1. The Morgan fingerprint density at radius 1 is 1.43 bits per heavy atom. The maximum Gasteiger partial charge on any atom is 0.326 e. The van der Waals surface area contributed by atoms with Gasteiger partial charge in [-0.3, -0.25) is 0 Å². The number of carbonyl (C=O) groups excluding carboxylic acids is 1. The minimum absolute atomic E-state index is 0.365. The second kappa shape index (κ2) is 6.97. The zero-order chi connectivity index (χ0) is 15.2. The third-order valence-corrected chi connectivity index (χ3v) is 3.41. The topological polar surface area (TPSA) is 78.9 Å². The quantitative estimate of drug-likeness (QED) is 0.887. The van der Waals surface area contributed by atoms with Crippen molar-refractivity contribution in [3.8, 4) is 5.75 Å². The van der Waals surface area contributed by atoms with E-state index < -0.39 is 12.0 Å². The maximum absolute atomic E-state index is 12.2. The molecule has 0 bridgehead atoms. The van der Waals surface area contributed by atoms with Gasteiger partial charge in [-0.2, -0.15) is 0 Å². The number of benzene rings is 1. The normalized spacial score (nSPS) is 15.4. The molecule has 2 amide bonds. The monoisotopic (exact) mass is 292 g/mol. The average Bonchev–Trinajstić information content (AvgIpc) is 2.68. The molecule has 114 valence electrons. The number of carboxylic acid groups (broad SMARTS) is 1. The molecule has 2 rings (SSSR count). The highest BCUT2D eigenvalue weighted by molar-refractivity contribution is 5.82. The number of carbonyl (C=O) groups is 2. The van der Waals surface area contributed by atoms with Gasteiger partial charge in [-0.05, 0) is 12.5 Å². The first-order valence-electron chi connectivity index (χ1n) is 7.10. The van der Waals surface area contributed by atoms with Gasteiger partial charge in [0.15, 0.2) is 0 Å². The number of amides is 2. The van der Waals surface area contributed by atoms with E-state index in [0.29, 0.717) is 32.5 Å². The van der Waals surface area contributed by atoms with Crippen LogP contribution in [0.5, 0.6) is 5.75 Å². The molecule has 0 unspecified atom stereocenters.